The lowest BCUT2D eigenvalue weighted by Crippen LogP contribution is -2.48. The topological polar surface area (TPSA) is 53.7 Å². The molecule has 2 unspecified atom stereocenters. The lowest BCUT2D eigenvalue weighted by Gasteiger charge is -2.32. The van der Waals surface area contributed by atoms with Crippen LogP contribution in [0.5, 0.6) is 0 Å². The first-order valence-electron chi connectivity index (χ1n) is 23.8. The van der Waals surface area contributed by atoms with Crippen molar-refractivity contribution in [2.75, 3.05) is 26.4 Å². The lowest BCUT2D eigenvalue weighted by atomic mass is 10.0. The molecule has 0 fully saturated rings. The van der Waals surface area contributed by atoms with E-state index in [9.17, 15) is 0 Å². The summed E-state index contributed by atoms with van der Waals surface area (Å²) in [5.74, 6) is 0.364. The van der Waals surface area contributed by atoms with Crippen molar-refractivity contribution in [2.45, 2.75) is 265 Å². The van der Waals surface area contributed by atoms with E-state index in [2.05, 4.69) is 27.7 Å². The molecule has 4 nitrogen and oxygen atoms in total. The molecule has 0 aliphatic rings. The molecule has 2 atom stereocenters. The van der Waals surface area contributed by atoms with Crippen LogP contribution in [0, 0.1) is 5.92 Å². The van der Waals surface area contributed by atoms with Gasteiger partial charge in [-0.15, -0.1) is 0 Å². The second-order valence-electron chi connectivity index (χ2n) is 16.4. The predicted molar refractivity (Wildman–Crippen MR) is 230 cm³/mol. The average molecular weight is 740 g/mol. The van der Waals surface area contributed by atoms with Gasteiger partial charge in [-0.05, 0) is 31.7 Å². The minimum atomic E-state index is -2.76. The smallest absolute Gasteiger partial charge is 0.373 e. The van der Waals surface area contributed by atoms with Gasteiger partial charge in [0, 0.05) is 25.9 Å². The summed E-state index contributed by atoms with van der Waals surface area (Å²) in [5.41, 5.74) is 6.16. The zero-order valence-electron chi connectivity index (χ0n) is 35.9. The van der Waals surface area contributed by atoms with Gasteiger partial charge in [0.05, 0.1) is 0 Å². The Kier molecular flexibility index (Phi) is 42.8. The molecular weight excluding hydrogens is 643 g/mol. The van der Waals surface area contributed by atoms with Gasteiger partial charge in [-0.1, -0.05) is 240 Å². The average Bonchev–Trinajstić information content (AvgIpc) is 3.14. The Hall–Kier alpha value is 0.0569. The molecule has 0 bridgehead atoms. The fourth-order valence-corrected chi connectivity index (χ4v) is 10.3. The summed E-state index contributed by atoms with van der Waals surface area (Å²) in [5, 5.41) is 0. The molecule has 2 N–H and O–H groups in total. The Labute approximate surface area is 324 Å². The number of rotatable bonds is 45. The van der Waals surface area contributed by atoms with E-state index in [4.69, 9.17) is 19.0 Å². The molecule has 0 aliphatic carbocycles. The third kappa shape index (κ3) is 38.1. The number of hydrogen-bond acceptors (Lipinski definition) is 4. The highest BCUT2D eigenvalue weighted by Gasteiger charge is 2.42. The van der Waals surface area contributed by atoms with Crippen LogP contribution < -0.4 is 5.73 Å². The number of unbranched alkanes of at least 4 members (excludes halogenated alkanes) is 33. The quantitative estimate of drug-likeness (QED) is 0.0499. The fraction of sp³-hybridized carbons (Fsp3) is 1.00. The van der Waals surface area contributed by atoms with Crippen molar-refractivity contribution in [3.8, 4) is 0 Å². The maximum absolute atomic E-state index is 6.75. The Balaban J connectivity index is 4.53. The van der Waals surface area contributed by atoms with Crippen LogP contribution in [0.1, 0.15) is 259 Å². The van der Waals surface area contributed by atoms with Crippen molar-refractivity contribution >= 4 is 8.80 Å². The van der Waals surface area contributed by atoms with E-state index in [1.54, 1.807) is 0 Å². The van der Waals surface area contributed by atoms with E-state index in [0.29, 0.717) is 12.5 Å². The number of hydrogen-bond donors (Lipinski definition) is 1. The molecule has 0 heterocycles. The molecule has 5 heteroatoms. The van der Waals surface area contributed by atoms with Crippen LogP contribution in [0.2, 0.25) is 6.04 Å². The normalized spacial score (nSPS) is 13.6. The Morgan fingerprint density at radius 3 is 0.725 bits per heavy atom. The predicted octanol–water partition coefficient (Wildman–Crippen LogP) is 15.7. The largest absolute Gasteiger partial charge is 0.501 e. The second kappa shape index (κ2) is 42.8. The first kappa shape index (κ1) is 51.1. The highest BCUT2D eigenvalue weighted by atomic mass is 28.4. The van der Waals surface area contributed by atoms with E-state index in [-0.39, 0.29) is 0 Å². The van der Waals surface area contributed by atoms with Gasteiger partial charge < -0.3 is 19.0 Å². The van der Waals surface area contributed by atoms with Crippen molar-refractivity contribution in [3.05, 3.63) is 0 Å². The van der Waals surface area contributed by atoms with Gasteiger partial charge >= 0.3 is 8.80 Å². The Morgan fingerprint density at radius 2 is 0.529 bits per heavy atom. The van der Waals surface area contributed by atoms with Crippen LogP contribution in [0.4, 0.5) is 0 Å². The maximum atomic E-state index is 6.75. The zero-order chi connectivity index (χ0) is 37.2. The molecule has 0 aromatic rings. The molecule has 0 spiro atoms. The molecule has 0 radical (unpaired) electrons. The minimum Gasteiger partial charge on any atom is -0.373 e. The highest BCUT2D eigenvalue weighted by molar-refractivity contribution is 6.60. The Morgan fingerprint density at radius 1 is 0.333 bits per heavy atom. The fourth-order valence-electron chi connectivity index (χ4n) is 7.32. The lowest BCUT2D eigenvalue weighted by molar-refractivity contribution is 0.0521. The first-order chi connectivity index (χ1) is 25.1. The second-order valence-corrected chi connectivity index (χ2v) is 19.1. The summed E-state index contributed by atoms with van der Waals surface area (Å²) in [7, 11) is -2.76. The van der Waals surface area contributed by atoms with Crippen LogP contribution in [0.3, 0.4) is 0 Å². The summed E-state index contributed by atoms with van der Waals surface area (Å²) in [6.45, 7) is 12.1. The first-order valence-corrected chi connectivity index (χ1v) is 25.7. The van der Waals surface area contributed by atoms with Gasteiger partial charge in [-0.2, -0.15) is 0 Å². The van der Waals surface area contributed by atoms with Crippen LogP contribution in [-0.2, 0) is 13.3 Å². The van der Waals surface area contributed by atoms with Crippen molar-refractivity contribution in [2.24, 2.45) is 11.7 Å². The molecule has 51 heavy (non-hydrogen) atoms. The summed E-state index contributed by atoms with van der Waals surface area (Å²) in [6.07, 6.45) is 49.0. The van der Waals surface area contributed by atoms with Crippen LogP contribution in [-0.4, -0.2) is 35.2 Å². The van der Waals surface area contributed by atoms with Crippen molar-refractivity contribution in [1.29, 1.82) is 0 Å². The molecule has 0 amide bonds. The van der Waals surface area contributed by atoms with Gasteiger partial charge in [-0.3, -0.25) is 0 Å². The van der Waals surface area contributed by atoms with Gasteiger partial charge in [0.25, 0.3) is 0 Å². The highest BCUT2D eigenvalue weighted by Crippen LogP contribution is 2.24. The summed E-state index contributed by atoms with van der Waals surface area (Å²) in [6, 6.07) is 0.859. The van der Waals surface area contributed by atoms with Crippen molar-refractivity contribution < 1.29 is 13.3 Å². The van der Waals surface area contributed by atoms with Gasteiger partial charge in [-0.25, -0.2) is 0 Å². The third-order valence-electron chi connectivity index (χ3n) is 11.0. The van der Waals surface area contributed by atoms with Crippen LogP contribution >= 0.6 is 0 Å². The van der Waals surface area contributed by atoms with Crippen LogP contribution in [0.15, 0.2) is 0 Å². The molecule has 0 aliphatic heterocycles. The van der Waals surface area contributed by atoms with Crippen molar-refractivity contribution in [1.82, 2.24) is 0 Å². The number of nitrogens with two attached hydrogens (primary N) is 1. The SMILES string of the molecule is CCCCCCCCCCCCCCCCO[Si](CC(C)CN)(OCCCCCCCCCCCC)OCCCCCCCCCCCCCC. The molecule has 0 saturated heterocycles. The molecule has 0 rings (SSSR count). The van der Waals surface area contributed by atoms with E-state index in [0.717, 1.165) is 45.1 Å². The Bertz CT molecular complexity index is 638. The van der Waals surface area contributed by atoms with Gasteiger partial charge in [0.15, 0.2) is 0 Å². The van der Waals surface area contributed by atoms with E-state index in [1.807, 2.05) is 0 Å². The van der Waals surface area contributed by atoms with Crippen molar-refractivity contribution in [3.63, 3.8) is 0 Å². The monoisotopic (exact) mass is 740 g/mol. The molecular formula is C46H97NO3Si. The van der Waals surface area contributed by atoms with Gasteiger partial charge in [0.1, 0.15) is 0 Å². The van der Waals surface area contributed by atoms with Gasteiger partial charge in [0.2, 0.25) is 0 Å². The third-order valence-corrected chi connectivity index (χ3v) is 14.1. The van der Waals surface area contributed by atoms with Crippen LogP contribution in [0.25, 0.3) is 0 Å². The minimum absolute atomic E-state index is 0.364. The maximum Gasteiger partial charge on any atom is 0.501 e. The van der Waals surface area contributed by atoms with E-state index < -0.39 is 8.80 Å². The molecule has 308 valence electrons. The zero-order valence-corrected chi connectivity index (χ0v) is 36.9. The molecule has 0 aromatic carbocycles. The summed E-state index contributed by atoms with van der Waals surface area (Å²) in [4.78, 5) is 0. The molecule has 0 saturated carbocycles. The summed E-state index contributed by atoms with van der Waals surface area (Å²) < 4.78 is 20.2. The van der Waals surface area contributed by atoms with E-state index >= 15 is 0 Å². The standard InChI is InChI=1S/C46H97NO3Si/c1-5-8-11-14-17-20-23-25-26-28-31-34-37-40-43-50-51(45-46(4)44-47,48-41-38-35-32-29-22-19-16-13-10-7-3)49-42-39-36-33-30-27-24-21-18-15-12-9-6-2/h46H,5-45,47H2,1-4H3. The summed E-state index contributed by atoms with van der Waals surface area (Å²) >= 11 is 0. The van der Waals surface area contributed by atoms with E-state index in [1.165, 1.54) is 212 Å². The molecule has 0 aromatic heterocycles.